The molecule has 2 aromatic heterocycles. The standard InChI is InChI=1S/C11H13N3O2S/c1-3-7-4-8-9(14-6(2)11(15)16)12-5-13-10(8)17-7/h4-6H,3H2,1-2H3,(H,15,16)(H,12,13,14)/t6-/m0/s1. The predicted molar refractivity (Wildman–Crippen MR) is 62.8 cm³/mol. The molecule has 2 aromatic rings. The monoisotopic (exact) mass is 251 g/mol. The van der Waals surface area contributed by atoms with Crippen LogP contribution < -0.4 is 10.4 Å². The summed E-state index contributed by atoms with van der Waals surface area (Å²) in [5.41, 5.74) is 0. The Balaban J connectivity index is 2.39. The summed E-state index contributed by atoms with van der Waals surface area (Å²) in [5.74, 6) is -0.426. The van der Waals surface area contributed by atoms with Gasteiger partial charge in [-0.25, -0.2) is 4.98 Å². The number of nitrogens with zero attached hydrogens (tertiary/aromatic N) is 2. The largest absolute Gasteiger partial charge is 0.544 e. The van der Waals surface area contributed by atoms with Gasteiger partial charge in [0, 0.05) is 4.88 Å². The highest BCUT2D eigenvalue weighted by Gasteiger charge is 2.14. The van der Waals surface area contributed by atoms with Crippen molar-refractivity contribution in [3.63, 3.8) is 0 Å². The maximum atomic E-state index is 10.7. The molecule has 17 heavy (non-hydrogen) atoms. The molecule has 0 saturated heterocycles. The highest BCUT2D eigenvalue weighted by Crippen LogP contribution is 2.26. The number of thiophene rings is 1. The summed E-state index contributed by atoms with van der Waals surface area (Å²) in [5, 5.41) is 13.2. The van der Waals surface area contributed by atoms with E-state index >= 15 is 0 Å². The highest BCUT2D eigenvalue weighted by atomic mass is 32.1. The second kappa shape index (κ2) is 4.77. The van der Waals surface area contributed by atoms with Crippen molar-refractivity contribution in [2.24, 2.45) is 0 Å². The molecule has 0 aliphatic heterocycles. The Morgan fingerprint density at radius 2 is 2.35 bits per heavy atom. The lowest BCUT2D eigenvalue weighted by atomic mass is 10.3. The molecule has 0 aromatic carbocycles. The number of hydrogen-bond donors (Lipinski definition) is 1. The maximum Gasteiger partial charge on any atom is 0.236 e. The molecule has 2 heterocycles. The average molecular weight is 251 g/mol. The molecule has 5 nitrogen and oxygen atoms in total. The lowest BCUT2D eigenvalue weighted by Gasteiger charge is -2.09. The van der Waals surface area contributed by atoms with Crippen LogP contribution in [0.3, 0.4) is 0 Å². The molecule has 0 aliphatic rings. The number of fused-ring (bicyclic) bond motifs is 1. The molecule has 2 N–H and O–H groups in total. The van der Waals surface area contributed by atoms with E-state index in [4.69, 9.17) is 0 Å². The lowest BCUT2D eigenvalue weighted by Crippen LogP contribution is -2.87. The molecular weight excluding hydrogens is 238 g/mol. The third-order valence-corrected chi connectivity index (χ3v) is 3.73. The average Bonchev–Trinajstić information content (AvgIpc) is 2.72. The first-order chi connectivity index (χ1) is 8.11. The summed E-state index contributed by atoms with van der Waals surface area (Å²) >= 11 is 1.61. The van der Waals surface area contributed by atoms with Gasteiger partial charge in [-0.05, 0) is 19.4 Å². The van der Waals surface area contributed by atoms with Crippen LogP contribution in [0.4, 0.5) is 5.82 Å². The van der Waals surface area contributed by atoms with Gasteiger partial charge >= 0.3 is 0 Å². The Morgan fingerprint density at radius 1 is 1.59 bits per heavy atom. The van der Waals surface area contributed by atoms with Gasteiger partial charge in [-0.2, -0.15) is 4.98 Å². The number of aromatic nitrogens is 2. The second-order valence-electron chi connectivity index (χ2n) is 3.82. The SMILES string of the molecule is CCc1cc2c([NH2+][C@@H](C)C(=O)[O-])ncnc2s1. The van der Waals surface area contributed by atoms with E-state index in [1.807, 2.05) is 6.07 Å². The van der Waals surface area contributed by atoms with Gasteiger partial charge in [0.15, 0.2) is 0 Å². The van der Waals surface area contributed by atoms with Crippen molar-refractivity contribution in [2.45, 2.75) is 26.3 Å². The van der Waals surface area contributed by atoms with E-state index in [9.17, 15) is 9.90 Å². The Hall–Kier alpha value is -1.53. The number of carbonyl (C=O) groups excluding carboxylic acids is 1. The predicted octanol–water partition coefficient (Wildman–Crippen LogP) is -0.413. The van der Waals surface area contributed by atoms with Crippen LogP contribution in [0.2, 0.25) is 0 Å². The van der Waals surface area contributed by atoms with Gasteiger partial charge in [0.1, 0.15) is 17.2 Å². The normalized spacial score (nSPS) is 12.8. The van der Waals surface area contributed by atoms with Crippen LogP contribution in [0.1, 0.15) is 18.7 Å². The Morgan fingerprint density at radius 3 is 3.00 bits per heavy atom. The molecule has 0 amide bonds. The van der Waals surface area contributed by atoms with Crippen molar-refractivity contribution < 1.29 is 15.2 Å². The molecule has 0 spiro atoms. The van der Waals surface area contributed by atoms with Crippen molar-refractivity contribution in [2.75, 3.05) is 0 Å². The van der Waals surface area contributed by atoms with Gasteiger partial charge in [-0.15, -0.1) is 11.3 Å². The molecule has 90 valence electrons. The fourth-order valence-corrected chi connectivity index (χ4v) is 2.48. The molecule has 0 saturated carbocycles. The van der Waals surface area contributed by atoms with E-state index in [0.29, 0.717) is 5.82 Å². The van der Waals surface area contributed by atoms with Gasteiger partial charge in [0.2, 0.25) is 5.82 Å². The summed E-state index contributed by atoms with van der Waals surface area (Å²) in [4.78, 5) is 21.1. The van der Waals surface area contributed by atoms with E-state index in [1.165, 1.54) is 11.2 Å². The topological polar surface area (TPSA) is 82.5 Å². The number of nitrogens with two attached hydrogens (primary N) is 1. The number of aliphatic carboxylic acids is 1. The Labute approximate surface area is 103 Å². The molecule has 0 unspecified atom stereocenters. The number of carbonyl (C=O) groups is 1. The zero-order valence-corrected chi connectivity index (χ0v) is 10.5. The minimum Gasteiger partial charge on any atom is -0.544 e. The fraction of sp³-hybridized carbons (Fsp3) is 0.364. The van der Waals surface area contributed by atoms with Crippen molar-refractivity contribution in [3.8, 4) is 0 Å². The first-order valence-corrected chi connectivity index (χ1v) is 6.22. The Kier molecular flexibility index (Phi) is 3.35. The molecule has 2 rings (SSSR count). The summed E-state index contributed by atoms with van der Waals surface area (Å²) in [6.45, 7) is 3.65. The third-order valence-electron chi connectivity index (χ3n) is 2.54. The van der Waals surface area contributed by atoms with Crippen LogP contribution >= 0.6 is 11.3 Å². The van der Waals surface area contributed by atoms with E-state index in [-0.39, 0.29) is 0 Å². The van der Waals surface area contributed by atoms with Gasteiger partial charge in [0.25, 0.3) is 0 Å². The summed E-state index contributed by atoms with van der Waals surface area (Å²) in [7, 11) is 0. The molecule has 1 atom stereocenters. The minimum atomic E-state index is -1.09. The fourth-order valence-electron chi connectivity index (χ4n) is 1.54. The quantitative estimate of drug-likeness (QED) is 0.800. The number of rotatable bonds is 4. The number of carboxylic acid groups (broad SMARTS) is 1. The maximum absolute atomic E-state index is 10.7. The van der Waals surface area contributed by atoms with Gasteiger partial charge in [-0.3, -0.25) is 5.32 Å². The molecular formula is C11H13N3O2S. The van der Waals surface area contributed by atoms with Crippen molar-refractivity contribution >= 4 is 33.3 Å². The zero-order valence-electron chi connectivity index (χ0n) is 9.64. The van der Waals surface area contributed by atoms with E-state index in [1.54, 1.807) is 23.6 Å². The zero-order chi connectivity index (χ0) is 12.4. The summed E-state index contributed by atoms with van der Waals surface area (Å²) in [6, 6.07) is 1.37. The molecule has 0 bridgehead atoms. The van der Waals surface area contributed by atoms with Crippen LogP contribution in [-0.4, -0.2) is 22.0 Å². The summed E-state index contributed by atoms with van der Waals surface area (Å²) in [6.07, 6.45) is 2.41. The number of quaternary nitrogens is 1. The highest BCUT2D eigenvalue weighted by molar-refractivity contribution is 7.18. The van der Waals surface area contributed by atoms with Crippen LogP contribution in [-0.2, 0) is 11.2 Å². The second-order valence-corrected chi connectivity index (χ2v) is 4.93. The van der Waals surface area contributed by atoms with Crippen molar-refractivity contribution in [1.82, 2.24) is 9.97 Å². The van der Waals surface area contributed by atoms with Crippen LogP contribution in [0, 0.1) is 0 Å². The van der Waals surface area contributed by atoms with Gasteiger partial charge in [0.05, 0.1) is 11.4 Å². The Bertz CT molecular complexity index is 553. The lowest BCUT2D eigenvalue weighted by molar-refractivity contribution is -0.605. The molecule has 0 fully saturated rings. The van der Waals surface area contributed by atoms with Crippen molar-refractivity contribution in [3.05, 3.63) is 17.3 Å². The molecule has 0 aliphatic carbocycles. The smallest absolute Gasteiger partial charge is 0.236 e. The van der Waals surface area contributed by atoms with E-state index in [2.05, 4.69) is 16.9 Å². The third kappa shape index (κ3) is 2.42. The van der Waals surface area contributed by atoms with E-state index < -0.39 is 12.0 Å². The molecule has 6 heteroatoms. The van der Waals surface area contributed by atoms with Crippen molar-refractivity contribution in [1.29, 1.82) is 0 Å². The first kappa shape index (κ1) is 11.9. The van der Waals surface area contributed by atoms with Crippen LogP contribution in [0.25, 0.3) is 10.2 Å². The minimum absolute atomic E-state index is 0.655. The van der Waals surface area contributed by atoms with Gasteiger partial charge < -0.3 is 9.90 Å². The van der Waals surface area contributed by atoms with Crippen LogP contribution in [0.15, 0.2) is 12.4 Å². The number of carboxylic acids is 1. The number of aryl methyl sites for hydroxylation is 1. The summed E-state index contributed by atoms with van der Waals surface area (Å²) < 4.78 is 0. The number of hydrogen-bond acceptors (Lipinski definition) is 5. The van der Waals surface area contributed by atoms with Crippen LogP contribution in [0.5, 0.6) is 0 Å². The van der Waals surface area contributed by atoms with Gasteiger partial charge in [-0.1, -0.05) is 6.92 Å². The van der Waals surface area contributed by atoms with E-state index in [0.717, 1.165) is 16.6 Å². The molecule has 0 radical (unpaired) electrons. The first-order valence-electron chi connectivity index (χ1n) is 5.41.